The monoisotopic (exact) mass is 405 g/mol. The van der Waals surface area contributed by atoms with Crippen LogP contribution in [0.25, 0.3) is 0 Å². The van der Waals surface area contributed by atoms with E-state index in [1.54, 1.807) is 36.4 Å². The number of aryl methyl sites for hydroxylation is 1. The number of halogens is 1. The molecule has 3 aromatic rings. The lowest BCUT2D eigenvalue weighted by Crippen LogP contribution is -2.32. The first-order valence-corrected chi connectivity index (χ1v) is 9.75. The molecule has 0 saturated carbocycles. The number of nitrogens with one attached hydrogen (secondary N) is 3. The van der Waals surface area contributed by atoms with Crippen LogP contribution < -0.4 is 15.8 Å². The van der Waals surface area contributed by atoms with Crippen molar-refractivity contribution < 1.29 is 8.42 Å². The van der Waals surface area contributed by atoms with Crippen molar-refractivity contribution in [2.75, 3.05) is 5.43 Å². The summed E-state index contributed by atoms with van der Waals surface area (Å²) >= 11 is 6.08. The van der Waals surface area contributed by atoms with Gasteiger partial charge in [-0.25, -0.2) is 8.42 Å². The van der Waals surface area contributed by atoms with Gasteiger partial charge in [0.05, 0.1) is 4.90 Å². The maximum absolute atomic E-state index is 12.2. The van der Waals surface area contributed by atoms with Crippen LogP contribution in [0.5, 0.6) is 0 Å². The Bertz CT molecular complexity index is 1110. The van der Waals surface area contributed by atoms with Crippen LogP contribution in [-0.2, 0) is 16.4 Å². The number of sulfonamides is 1. The van der Waals surface area contributed by atoms with Crippen LogP contribution >= 0.6 is 11.6 Å². The zero-order valence-electron chi connectivity index (χ0n) is 14.2. The van der Waals surface area contributed by atoms with Gasteiger partial charge in [0.15, 0.2) is 0 Å². The van der Waals surface area contributed by atoms with E-state index in [-0.39, 0.29) is 23.0 Å². The van der Waals surface area contributed by atoms with Crippen LogP contribution in [0.15, 0.2) is 58.2 Å². The molecule has 0 aliphatic heterocycles. The van der Waals surface area contributed by atoms with Crippen LogP contribution in [0.1, 0.15) is 16.8 Å². The molecular formula is C17H16ClN5O3S. The molecule has 0 amide bonds. The first-order valence-electron chi connectivity index (χ1n) is 7.89. The summed E-state index contributed by atoms with van der Waals surface area (Å²) in [4.78, 5) is 16.8. The molecule has 0 saturated heterocycles. The third-order valence-electron chi connectivity index (χ3n) is 3.72. The normalized spacial score (nSPS) is 11.3. The van der Waals surface area contributed by atoms with Crippen LogP contribution in [0.2, 0.25) is 5.02 Å². The molecular weight excluding hydrogens is 390 g/mol. The maximum Gasteiger partial charge on any atom is 0.274 e. The summed E-state index contributed by atoms with van der Waals surface area (Å²) < 4.78 is 24.4. The standard InChI is InChI=1S/C17H16ClN5O3S/c1-11-6-8-13(9-7-11)27(25,26)23-22-17-19-16(24)15(20-21-17)10-12-4-2-3-5-14(12)18/h2-9,23H,10H2,1H3,(H2,19,21,22,24). The molecule has 1 heterocycles. The van der Waals surface area contributed by atoms with Crippen molar-refractivity contribution in [3.8, 4) is 0 Å². The zero-order valence-corrected chi connectivity index (χ0v) is 15.8. The van der Waals surface area contributed by atoms with Gasteiger partial charge in [0, 0.05) is 11.4 Å². The van der Waals surface area contributed by atoms with Crippen LogP contribution in [0.3, 0.4) is 0 Å². The van der Waals surface area contributed by atoms with E-state index in [1.807, 2.05) is 6.92 Å². The van der Waals surface area contributed by atoms with E-state index in [0.717, 1.165) is 11.1 Å². The van der Waals surface area contributed by atoms with Gasteiger partial charge in [-0.1, -0.05) is 47.5 Å². The molecule has 0 fully saturated rings. The van der Waals surface area contributed by atoms with Crippen molar-refractivity contribution in [2.45, 2.75) is 18.2 Å². The Morgan fingerprint density at radius 1 is 1.07 bits per heavy atom. The van der Waals surface area contributed by atoms with Gasteiger partial charge in [0.1, 0.15) is 5.69 Å². The number of benzene rings is 2. The minimum absolute atomic E-state index is 0.0752. The highest BCUT2D eigenvalue weighted by atomic mass is 35.5. The molecule has 0 spiro atoms. The van der Waals surface area contributed by atoms with Gasteiger partial charge in [-0.2, -0.15) is 0 Å². The molecule has 140 valence electrons. The summed E-state index contributed by atoms with van der Waals surface area (Å²) in [5, 5.41) is 8.16. The summed E-state index contributed by atoms with van der Waals surface area (Å²) in [7, 11) is -3.82. The van der Waals surface area contributed by atoms with Gasteiger partial charge >= 0.3 is 0 Å². The number of hydrogen-bond acceptors (Lipinski definition) is 6. The van der Waals surface area contributed by atoms with Crippen LogP contribution in [0.4, 0.5) is 5.95 Å². The maximum atomic E-state index is 12.2. The largest absolute Gasteiger partial charge is 0.289 e. The average Bonchev–Trinajstić information content (AvgIpc) is 2.64. The minimum atomic E-state index is -3.82. The van der Waals surface area contributed by atoms with Gasteiger partial charge in [-0.3, -0.25) is 15.2 Å². The second-order valence-corrected chi connectivity index (χ2v) is 7.85. The number of anilines is 1. The van der Waals surface area contributed by atoms with Crippen LogP contribution in [-0.4, -0.2) is 23.6 Å². The van der Waals surface area contributed by atoms with E-state index in [4.69, 9.17) is 11.6 Å². The third kappa shape index (κ3) is 4.70. The van der Waals surface area contributed by atoms with E-state index in [0.29, 0.717) is 5.02 Å². The molecule has 2 aromatic carbocycles. The van der Waals surface area contributed by atoms with Crippen molar-refractivity contribution in [3.63, 3.8) is 0 Å². The molecule has 1 aromatic heterocycles. The molecule has 0 unspecified atom stereocenters. The average molecular weight is 406 g/mol. The van der Waals surface area contributed by atoms with E-state index < -0.39 is 15.6 Å². The van der Waals surface area contributed by atoms with Crippen LogP contribution in [0, 0.1) is 6.92 Å². The number of hydrazine groups is 1. The quantitative estimate of drug-likeness (QED) is 0.540. The summed E-state index contributed by atoms with van der Waals surface area (Å²) in [6.07, 6.45) is 0.206. The lowest BCUT2D eigenvalue weighted by atomic mass is 10.1. The Hall–Kier alpha value is -2.75. The highest BCUT2D eigenvalue weighted by molar-refractivity contribution is 7.89. The van der Waals surface area contributed by atoms with E-state index >= 15 is 0 Å². The molecule has 0 aliphatic carbocycles. The topological polar surface area (TPSA) is 117 Å². The first kappa shape index (κ1) is 19.0. The van der Waals surface area contributed by atoms with E-state index in [1.165, 1.54) is 12.1 Å². The smallest absolute Gasteiger partial charge is 0.274 e. The van der Waals surface area contributed by atoms with Gasteiger partial charge in [-0.05, 0) is 30.7 Å². The Morgan fingerprint density at radius 2 is 1.78 bits per heavy atom. The summed E-state index contributed by atoms with van der Waals surface area (Å²) in [6.45, 7) is 1.85. The minimum Gasteiger partial charge on any atom is -0.289 e. The van der Waals surface area contributed by atoms with Gasteiger partial charge < -0.3 is 0 Å². The highest BCUT2D eigenvalue weighted by Gasteiger charge is 2.14. The van der Waals surface area contributed by atoms with Crippen molar-refractivity contribution in [3.05, 3.63) is 80.7 Å². The molecule has 0 bridgehead atoms. The molecule has 3 N–H and O–H groups in total. The van der Waals surface area contributed by atoms with Crippen molar-refractivity contribution in [1.82, 2.24) is 20.0 Å². The molecule has 0 aliphatic rings. The predicted octanol–water partition coefficient (Wildman–Crippen LogP) is 2.02. The number of aromatic nitrogens is 3. The Labute approximate surface area is 160 Å². The lowest BCUT2D eigenvalue weighted by Gasteiger charge is -2.09. The Morgan fingerprint density at radius 3 is 2.44 bits per heavy atom. The van der Waals surface area contributed by atoms with Gasteiger partial charge in [0.25, 0.3) is 15.6 Å². The number of aromatic amines is 1. The van der Waals surface area contributed by atoms with E-state index in [2.05, 4.69) is 25.4 Å². The van der Waals surface area contributed by atoms with Gasteiger partial charge in [-0.15, -0.1) is 15.0 Å². The number of rotatable bonds is 6. The summed E-state index contributed by atoms with van der Waals surface area (Å²) in [5.74, 6) is -0.126. The lowest BCUT2D eigenvalue weighted by molar-refractivity contribution is 0.587. The molecule has 27 heavy (non-hydrogen) atoms. The molecule has 3 rings (SSSR count). The third-order valence-corrected chi connectivity index (χ3v) is 5.35. The van der Waals surface area contributed by atoms with Gasteiger partial charge in [0.2, 0.25) is 5.95 Å². The molecule has 0 atom stereocenters. The Kier molecular flexibility index (Phi) is 5.54. The van der Waals surface area contributed by atoms with Crippen molar-refractivity contribution >= 4 is 27.6 Å². The SMILES string of the molecule is Cc1ccc(S(=O)(=O)NNc2nnc(Cc3ccccc3Cl)c(=O)[nH]2)cc1. The summed E-state index contributed by atoms with van der Waals surface area (Å²) in [6, 6.07) is 13.4. The first-order chi connectivity index (χ1) is 12.8. The fourth-order valence-electron chi connectivity index (χ4n) is 2.25. The predicted molar refractivity (Wildman–Crippen MR) is 102 cm³/mol. The number of hydrogen-bond donors (Lipinski definition) is 3. The van der Waals surface area contributed by atoms with Crippen molar-refractivity contribution in [2.24, 2.45) is 0 Å². The van der Waals surface area contributed by atoms with E-state index in [9.17, 15) is 13.2 Å². The van der Waals surface area contributed by atoms with Crippen molar-refractivity contribution in [1.29, 1.82) is 0 Å². The fourth-order valence-corrected chi connectivity index (χ4v) is 3.29. The Balaban J connectivity index is 1.72. The highest BCUT2D eigenvalue weighted by Crippen LogP contribution is 2.16. The second kappa shape index (κ2) is 7.87. The summed E-state index contributed by atoms with van der Waals surface area (Å²) in [5.41, 5.74) is 3.68. The molecule has 8 nitrogen and oxygen atoms in total. The number of H-pyrrole nitrogens is 1. The molecule has 10 heteroatoms. The second-order valence-electron chi connectivity index (χ2n) is 5.76. The number of nitrogens with zero attached hydrogens (tertiary/aromatic N) is 2. The zero-order chi connectivity index (χ0) is 19.4. The molecule has 0 radical (unpaired) electrons. The fraction of sp³-hybridized carbons (Fsp3) is 0.118.